The fraction of sp³-hybridized carbons (Fsp3) is 0.750. The second-order valence-corrected chi connectivity index (χ2v) is 8.26. The number of urea groups is 1. The van der Waals surface area contributed by atoms with E-state index >= 15 is 0 Å². The van der Waals surface area contributed by atoms with E-state index < -0.39 is 0 Å². The summed E-state index contributed by atoms with van der Waals surface area (Å²) in [5.41, 5.74) is 0.591. The minimum atomic E-state index is -0.0206. The molecule has 0 aliphatic carbocycles. The molecule has 9 heteroatoms. The minimum Gasteiger partial charge on any atom is -0.381 e. The number of carbonyl (C=O) groups is 2. The van der Waals surface area contributed by atoms with Gasteiger partial charge >= 0.3 is 6.03 Å². The van der Waals surface area contributed by atoms with Crippen molar-refractivity contribution in [1.82, 2.24) is 29.2 Å². The maximum Gasteiger partial charge on any atom is 0.319 e. The summed E-state index contributed by atoms with van der Waals surface area (Å²) in [4.78, 5) is 37.0. The van der Waals surface area contributed by atoms with Gasteiger partial charge in [-0.2, -0.15) is 0 Å². The lowest BCUT2D eigenvalue weighted by Gasteiger charge is -2.39. The van der Waals surface area contributed by atoms with Crippen molar-refractivity contribution in [1.29, 1.82) is 0 Å². The third-order valence-corrected chi connectivity index (χ3v) is 6.02. The summed E-state index contributed by atoms with van der Waals surface area (Å²) in [7, 11) is 7.27. The number of amides is 3. The predicted octanol–water partition coefficient (Wildman–Crippen LogP) is 0.729. The standard InChI is InChI=1S/C20H34N6O3/c1-22(2)20(28)25-8-5-17(14-25)26(16-6-11-29-12-7-16)10-9-23(3)19(27)18-13-21-15-24(18)4/h13,15-17H,5-12,14H2,1-4H3. The molecule has 2 saturated heterocycles. The lowest BCUT2D eigenvalue weighted by molar-refractivity contribution is 0.0151. The molecule has 3 rings (SSSR count). The number of ether oxygens (including phenoxy) is 1. The van der Waals surface area contributed by atoms with Crippen LogP contribution in [0.15, 0.2) is 12.5 Å². The molecule has 0 saturated carbocycles. The second-order valence-electron chi connectivity index (χ2n) is 8.26. The van der Waals surface area contributed by atoms with Crippen molar-refractivity contribution < 1.29 is 14.3 Å². The van der Waals surface area contributed by atoms with E-state index in [1.807, 2.05) is 19.0 Å². The van der Waals surface area contributed by atoms with E-state index in [4.69, 9.17) is 4.74 Å². The number of aryl methyl sites for hydroxylation is 1. The highest BCUT2D eigenvalue weighted by Gasteiger charge is 2.35. The van der Waals surface area contributed by atoms with Crippen LogP contribution >= 0.6 is 0 Å². The molecule has 3 amide bonds. The van der Waals surface area contributed by atoms with Crippen molar-refractivity contribution in [2.45, 2.75) is 31.3 Å². The normalized spacial score (nSPS) is 20.3. The maximum atomic E-state index is 12.7. The number of aromatic nitrogens is 2. The Bertz CT molecular complexity index is 700. The number of hydrogen-bond donors (Lipinski definition) is 0. The Morgan fingerprint density at radius 2 is 1.86 bits per heavy atom. The molecule has 29 heavy (non-hydrogen) atoms. The van der Waals surface area contributed by atoms with Crippen LogP contribution < -0.4 is 0 Å². The molecule has 1 aromatic rings. The number of imidazole rings is 1. The van der Waals surface area contributed by atoms with Crippen LogP contribution in [0.1, 0.15) is 29.8 Å². The van der Waals surface area contributed by atoms with Gasteiger partial charge in [0.15, 0.2) is 0 Å². The first kappa shape index (κ1) is 21.6. The van der Waals surface area contributed by atoms with Crippen LogP contribution in [0.2, 0.25) is 0 Å². The molecule has 9 nitrogen and oxygen atoms in total. The Balaban J connectivity index is 1.64. The third-order valence-electron chi connectivity index (χ3n) is 6.02. The van der Waals surface area contributed by atoms with Crippen molar-refractivity contribution >= 4 is 11.9 Å². The Morgan fingerprint density at radius 1 is 1.14 bits per heavy atom. The Labute approximate surface area is 173 Å². The fourth-order valence-corrected chi connectivity index (χ4v) is 4.28. The van der Waals surface area contributed by atoms with E-state index in [0.29, 0.717) is 24.3 Å². The zero-order chi connectivity index (χ0) is 21.0. The van der Waals surface area contributed by atoms with Gasteiger partial charge in [0, 0.05) is 79.7 Å². The molecule has 0 N–H and O–H groups in total. The quantitative estimate of drug-likeness (QED) is 0.696. The molecule has 2 fully saturated rings. The monoisotopic (exact) mass is 406 g/mol. The molecule has 162 valence electrons. The minimum absolute atomic E-state index is 0.0206. The van der Waals surface area contributed by atoms with Crippen LogP contribution in [0, 0.1) is 0 Å². The summed E-state index contributed by atoms with van der Waals surface area (Å²) in [6.45, 7) is 4.51. The van der Waals surface area contributed by atoms with Gasteiger partial charge in [0.05, 0.1) is 12.5 Å². The SMILES string of the molecule is CN(C)C(=O)N1CCC(N(CCN(C)C(=O)c2cncn2C)C2CCOCC2)C1. The largest absolute Gasteiger partial charge is 0.381 e. The number of rotatable bonds is 6. The first-order valence-electron chi connectivity index (χ1n) is 10.4. The first-order chi connectivity index (χ1) is 13.9. The summed E-state index contributed by atoms with van der Waals surface area (Å²) in [6, 6.07) is 0.827. The summed E-state index contributed by atoms with van der Waals surface area (Å²) in [5, 5.41) is 0. The van der Waals surface area contributed by atoms with Crippen molar-refractivity contribution in [3.8, 4) is 0 Å². The van der Waals surface area contributed by atoms with Crippen molar-refractivity contribution in [3.05, 3.63) is 18.2 Å². The average Bonchev–Trinajstić information content (AvgIpc) is 3.37. The van der Waals surface area contributed by atoms with Gasteiger partial charge in [-0.1, -0.05) is 0 Å². The topological polar surface area (TPSA) is 74.2 Å². The average molecular weight is 407 g/mol. The summed E-state index contributed by atoms with van der Waals surface area (Å²) in [5.74, 6) is -0.0206. The van der Waals surface area contributed by atoms with E-state index in [1.165, 1.54) is 0 Å². The molecule has 1 atom stereocenters. The van der Waals surface area contributed by atoms with Crippen LogP contribution in [-0.2, 0) is 11.8 Å². The zero-order valence-electron chi connectivity index (χ0n) is 18.1. The maximum absolute atomic E-state index is 12.7. The number of carbonyl (C=O) groups excluding carboxylic acids is 2. The first-order valence-corrected chi connectivity index (χ1v) is 10.4. The zero-order valence-corrected chi connectivity index (χ0v) is 18.1. The number of nitrogens with zero attached hydrogens (tertiary/aromatic N) is 6. The lowest BCUT2D eigenvalue weighted by Crippen LogP contribution is -2.50. The Morgan fingerprint density at radius 3 is 2.48 bits per heavy atom. The van der Waals surface area contributed by atoms with Gasteiger partial charge in [-0.05, 0) is 19.3 Å². The van der Waals surface area contributed by atoms with Gasteiger partial charge in [0.2, 0.25) is 0 Å². The number of likely N-dealkylation sites (tertiary alicyclic amines) is 1. The van der Waals surface area contributed by atoms with Gasteiger partial charge in [-0.3, -0.25) is 9.69 Å². The van der Waals surface area contributed by atoms with E-state index in [-0.39, 0.29) is 11.9 Å². The highest BCUT2D eigenvalue weighted by Crippen LogP contribution is 2.23. The van der Waals surface area contributed by atoms with Crippen molar-refractivity contribution in [2.24, 2.45) is 7.05 Å². The molecule has 1 unspecified atom stereocenters. The molecule has 2 aliphatic rings. The predicted molar refractivity (Wildman–Crippen MR) is 110 cm³/mol. The van der Waals surface area contributed by atoms with E-state index in [9.17, 15) is 9.59 Å². The van der Waals surface area contributed by atoms with Crippen LogP contribution in [0.25, 0.3) is 0 Å². The smallest absolute Gasteiger partial charge is 0.319 e. The number of hydrogen-bond acceptors (Lipinski definition) is 5. The highest BCUT2D eigenvalue weighted by atomic mass is 16.5. The van der Waals surface area contributed by atoms with Gasteiger partial charge in [-0.25, -0.2) is 9.78 Å². The second kappa shape index (κ2) is 9.58. The van der Waals surface area contributed by atoms with Crippen LogP contribution in [-0.4, -0.2) is 114 Å². The molecular weight excluding hydrogens is 372 g/mol. The van der Waals surface area contributed by atoms with Crippen molar-refractivity contribution in [3.63, 3.8) is 0 Å². The van der Waals surface area contributed by atoms with Crippen molar-refractivity contribution in [2.75, 3.05) is 60.5 Å². The van der Waals surface area contributed by atoms with Crippen LogP contribution in [0.4, 0.5) is 4.79 Å². The van der Waals surface area contributed by atoms with E-state index in [0.717, 1.165) is 52.1 Å². The number of likely N-dealkylation sites (N-methyl/N-ethyl adjacent to an activating group) is 1. The van der Waals surface area contributed by atoms with Gasteiger partial charge in [0.1, 0.15) is 5.69 Å². The highest BCUT2D eigenvalue weighted by molar-refractivity contribution is 5.92. The summed E-state index contributed by atoms with van der Waals surface area (Å²) in [6.07, 6.45) is 6.21. The lowest BCUT2D eigenvalue weighted by atomic mass is 10.0. The van der Waals surface area contributed by atoms with E-state index in [1.54, 1.807) is 41.0 Å². The van der Waals surface area contributed by atoms with Gasteiger partial charge < -0.3 is 24.0 Å². The van der Waals surface area contributed by atoms with Crippen LogP contribution in [0.3, 0.4) is 0 Å². The molecule has 0 bridgehead atoms. The molecule has 1 aromatic heterocycles. The van der Waals surface area contributed by atoms with E-state index in [2.05, 4.69) is 9.88 Å². The molecule has 0 radical (unpaired) electrons. The molecule has 3 heterocycles. The van der Waals surface area contributed by atoms with Crippen LogP contribution in [0.5, 0.6) is 0 Å². The summed E-state index contributed by atoms with van der Waals surface area (Å²) < 4.78 is 7.30. The molecule has 0 spiro atoms. The van der Waals surface area contributed by atoms with Gasteiger partial charge in [0.25, 0.3) is 5.91 Å². The Hall–Kier alpha value is -2.13. The summed E-state index contributed by atoms with van der Waals surface area (Å²) >= 11 is 0. The molecule has 2 aliphatic heterocycles. The third kappa shape index (κ3) is 5.08. The molecule has 0 aromatic carbocycles. The fourth-order valence-electron chi connectivity index (χ4n) is 4.28. The Kier molecular flexibility index (Phi) is 7.13. The van der Waals surface area contributed by atoms with Gasteiger partial charge in [-0.15, -0.1) is 0 Å². The molecular formula is C20H34N6O3.